The van der Waals surface area contributed by atoms with Gasteiger partial charge in [-0.15, -0.1) is 11.3 Å². The van der Waals surface area contributed by atoms with E-state index in [2.05, 4.69) is 24.3 Å². The summed E-state index contributed by atoms with van der Waals surface area (Å²) < 4.78 is 5.24. The van der Waals surface area contributed by atoms with Crippen molar-refractivity contribution >= 4 is 28.8 Å². The number of hydrogen-bond donors (Lipinski definition) is 0. The van der Waals surface area contributed by atoms with Crippen LogP contribution in [0.3, 0.4) is 0 Å². The second kappa shape index (κ2) is 7.92. The summed E-state index contributed by atoms with van der Waals surface area (Å²) in [5, 5.41) is 0. The first-order valence-electron chi connectivity index (χ1n) is 9.94. The fourth-order valence-corrected chi connectivity index (χ4v) is 5.29. The van der Waals surface area contributed by atoms with Crippen LogP contribution in [-0.4, -0.2) is 36.5 Å². The number of thiophene rings is 1. The van der Waals surface area contributed by atoms with Crippen molar-refractivity contribution in [2.45, 2.75) is 39.5 Å². The molecular weight excluding hydrogens is 370 g/mol. The third kappa shape index (κ3) is 3.51. The molecular formula is C23H25NO3S. The predicted octanol–water partition coefficient (Wildman–Crippen LogP) is 4.47. The largest absolute Gasteiger partial charge is 0.462 e. The second-order valence-corrected chi connectivity index (χ2v) is 8.45. The Morgan fingerprint density at radius 2 is 1.82 bits per heavy atom. The summed E-state index contributed by atoms with van der Waals surface area (Å²) in [4.78, 5) is 27.9. The van der Waals surface area contributed by atoms with Gasteiger partial charge in [0.15, 0.2) is 0 Å². The quantitative estimate of drug-likeness (QED) is 0.705. The van der Waals surface area contributed by atoms with E-state index in [4.69, 9.17) is 4.74 Å². The van der Waals surface area contributed by atoms with Gasteiger partial charge in [0.2, 0.25) is 5.91 Å². The molecule has 0 unspecified atom stereocenters. The van der Waals surface area contributed by atoms with E-state index in [1.165, 1.54) is 32.7 Å². The van der Waals surface area contributed by atoms with Crippen molar-refractivity contribution < 1.29 is 14.3 Å². The van der Waals surface area contributed by atoms with Crippen LogP contribution in [0.25, 0.3) is 5.57 Å². The van der Waals surface area contributed by atoms with Gasteiger partial charge in [-0.2, -0.15) is 0 Å². The molecule has 2 heterocycles. The minimum Gasteiger partial charge on any atom is -0.462 e. The van der Waals surface area contributed by atoms with Crippen LogP contribution >= 0.6 is 11.3 Å². The Morgan fingerprint density at radius 1 is 1.07 bits per heavy atom. The summed E-state index contributed by atoms with van der Waals surface area (Å²) in [6.45, 7) is 5.39. The zero-order valence-corrected chi connectivity index (χ0v) is 17.2. The van der Waals surface area contributed by atoms with Crippen LogP contribution in [0.5, 0.6) is 0 Å². The number of fused-ring (bicyclic) bond motifs is 2. The monoisotopic (exact) mass is 395 g/mol. The van der Waals surface area contributed by atoms with Crippen molar-refractivity contribution in [2.75, 3.05) is 19.7 Å². The molecule has 1 aromatic heterocycles. The van der Waals surface area contributed by atoms with Crippen LogP contribution in [0.15, 0.2) is 35.9 Å². The van der Waals surface area contributed by atoms with E-state index < -0.39 is 0 Å². The number of likely N-dealkylation sites (tertiary alicyclic amines) is 1. The fourth-order valence-electron chi connectivity index (χ4n) is 4.23. The van der Waals surface area contributed by atoms with E-state index in [1.54, 1.807) is 18.3 Å². The standard InChI is InChI=1S/C23H25NO3S/c1-3-27-23(26)21-14-19-20(28-21)9-8-16-6-4-5-7-18(16)22(19)17-10-12-24(13-11-17)15(2)25/h4-7,14H,3,8-13H2,1-2H3. The van der Waals surface area contributed by atoms with Gasteiger partial charge in [-0.25, -0.2) is 4.79 Å². The minimum absolute atomic E-state index is 0.145. The molecule has 0 N–H and O–H groups in total. The molecule has 1 aliphatic heterocycles. The Hall–Kier alpha value is -2.40. The van der Waals surface area contributed by atoms with Crippen LogP contribution in [0.4, 0.5) is 0 Å². The van der Waals surface area contributed by atoms with E-state index in [-0.39, 0.29) is 11.9 Å². The number of carbonyl (C=O) groups is 2. The lowest BCUT2D eigenvalue weighted by atomic mass is 9.87. The first-order valence-corrected chi connectivity index (χ1v) is 10.8. The SMILES string of the molecule is CCOC(=O)c1cc2c(s1)CCc1ccccc1C2=C1CCN(C(C)=O)CC1. The van der Waals surface area contributed by atoms with E-state index in [9.17, 15) is 9.59 Å². The summed E-state index contributed by atoms with van der Waals surface area (Å²) >= 11 is 1.57. The highest BCUT2D eigenvalue weighted by Gasteiger charge is 2.27. The third-order valence-electron chi connectivity index (χ3n) is 5.63. The molecule has 4 nitrogen and oxygen atoms in total. The Kier molecular flexibility index (Phi) is 5.36. The van der Waals surface area contributed by atoms with Gasteiger partial charge in [-0.3, -0.25) is 4.79 Å². The van der Waals surface area contributed by atoms with Gasteiger partial charge in [0, 0.05) is 24.9 Å². The van der Waals surface area contributed by atoms with Crippen molar-refractivity contribution in [1.82, 2.24) is 4.90 Å². The molecule has 1 fully saturated rings. The lowest BCUT2D eigenvalue weighted by Gasteiger charge is -2.29. The van der Waals surface area contributed by atoms with Crippen LogP contribution in [0, 0.1) is 0 Å². The molecule has 2 aliphatic rings. The average Bonchev–Trinajstić information content (AvgIpc) is 3.05. The first-order chi connectivity index (χ1) is 13.6. The predicted molar refractivity (Wildman–Crippen MR) is 112 cm³/mol. The molecule has 1 aromatic carbocycles. The second-order valence-electron chi connectivity index (χ2n) is 7.31. The number of benzene rings is 1. The van der Waals surface area contributed by atoms with Crippen LogP contribution in [-0.2, 0) is 22.4 Å². The molecule has 1 aliphatic carbocycles. The molecule has 2 aromatic rings. The fraction of sp³-hybridized carbons (Fsp3) is 0.391. The Bertz CT molecular complexity index is 947. The number of nitrogens with zero attached hydrogens (tertiary/aromatic N) is 1. The number of amides is 1. The van der Waals surface area contributed by atoms with Gasteiger partial charge in [-0.05, 0) is 60.9 Å². The van der Waals surface area contributed by atoms with Crippen molar-refractivity contribution in [3.05, 3.63) is 62.3 Å². The van der Waals surface area contributed by atoms with Gasteiger partial charge in [0.05, 0.1) is 6.61 Å². The lowest BCUT2D eigenvalue weighted by molar-refractivity contribution is -0.129. The molecule has 0 atom stereocenters. The van der Waals surface area contributed by atoms with Gasteiger partial charge in [0.1, 0.15) is 4.88 Å². The Labute approximate surface area is 169 Å². The van der Waals surface area contributed by atoms with Crippen molar-refractivity contribution in [3.63, 3.8) is 0 Å². The van der Waals surface area contributed by atoms with Crippen LogP contribution in [0.1, 0.15) is 57.9 Å². The van der Waals surface area contributed by atoms with Gasteiger partial charge in [0.25, 0.3) is 0 Å². The van der Waals surface area contributed by atoms with Gasteiger partial charge in [-0.1, -0.05) is 29.8 Å². The number of rotatable bonds is 2. The normalized spacial score (nSPS) is 16.3. The van der Waals surface area contributed by atoms with Crippen molar-refractivity contribution in [1.29, 1.82) is 0 Å². The molecule has 5 heteroatoms. The van der Waals surface area contributed by atoms with Crippen molar-refractivity contribution in [3.8, 4) is 0 Å². The topological polar surface area (TPSA) is 46.6 Å². The molecule has 4 rings (SSSR count). The number of hydrogen-bond acceptors (Lipinski definition) is 4. The number of carbonyl (C=O) groups excluding carboxylic acids is 2. The summed E-state index contributed by atoms with van der Waals surface area (Å²) in [6, 6.07) is 10.6. The van der Waals surface area contributed by atoms with Gasteiger partial charge < -0.3 is 9.64 Å². The Morgan fingerprint density at radius 3 is 2.54 bits per heavy atom. The van der Waals surface area contributed by atoms with Crippen LogP contribution < -0.4 is 0 Å². The van der Waals surface area contributed by atoms with E-state index in [0.717, 1.165) is 38.8 Å². The van der Waals surface area contributed by atoms with Crippen molar-refractivity contribution in [2.24, 2.45) is 0 Å². The number of piperidine rings is 1. The highest BCUT2D eigenvalue weighted by atomic mass is 32.1. The summed E-state index contributed by atoms with van der Waals surface area (Å²) in [6.07, 6.45) is 3.68. The molecule has 0 radical (unpaired) electrons. The van der Waals surface area contributed by atoms with Gasteiger partial charge >= 0.3 is 5.97 Å². The average molecular weight is 396 g/mol. The lowest BCUT2D eigenvalue weighted by Crippen LogP contribution is -2.34. The van der Waals surface area contributed by atoms with E-state index in [1.807, 2.05) is 17.9 Å². The maximum atomic E-state index is 12.3. The number of ether oxygens (including phenoxy) is 1. The summed E-state index contributed by atoms with van der Waals surface area (Å²) in [7, 11) is 0. The molecule has 0 bridgehead atoms. The molecule has 0 spiro atoms. The zero-order chi connectivity index (χ0) is 19.7. The third-order valence-corrected chi connectivity index (χ3v) is 6.80. The minimum atomic E-state index is -0.232. The molecule has 146 valence electrons. The zero-order valence-electron chi connectivity index (χ0n) is 16.4. The number of esters is 1. The molecule has 1 saturated heterocycles. The van der Waals surface area contributed by atoms with E-state index in [0.29, 0.717) is 11.5 Å². The van der Waals surface area contributed by atoms with E-state index >= 15 is 0 Å². The molecule has 28 heavy (non-hydrogen) atoms. The molecule has 0 saturated carbocycles. The Balaban J connectivity index is 1.81. The smallest absolute Gasteiger partial charge is 0.348 e. The highest BCUT2D eigenvalue weighted by molar-refractivity contribution is 7.14. The summed E-state index contributed by atoms with van der Waals surface area (Å²) in [5.41, 5.74) is 6.49. The maximum Gasteiger partial charge on any atom is 0.348 e. The highest BCUT2D eigenvalue weighted by Crippen LogP contribution is 2.41. The van der Waals surface area contributed by atoms with Crippen LogP contribution in [0.2, 0.25) is 0 Å². The maximum absolute atomic E-state index is 12.3. The molecule has 1 amide bonds. The number of aryl methyl sites for hydroxylation is 2. The summed E-state index contributed by atoms with van der Waals surface area (Å²) in [5.74, 6) is -0.0873. The first kappa shape index (κ1) is 18.9.